The molecule has 3 aromatic rings. The Hall–Kier alpha value is -3.58. The fourth-order valence-electron chi connectivity index (χ4n) is 4.21. The molecule has 7 nitrogen and oxygen atoms in total. The van der Waals surface area contributed by atoms with Crippen LogP contribution in [-0.2, 0) is 16.0 Å². The quantitative estimate of drug-likeness (QED) is 0.638. The van der Waals surface area contributed by atoms with Crippen molar-refractivity contribution in [3.63, 3.8) is 0 Å². The summed E-state index contributed by atoms with van der Waals surface area (Å²) >= 11 is 6.19. The molecule has 1 unspecified atom stereocenters. The third kappa shape index (κ3) is 4.50. The van der Waals surface area contributed by atoms with Crippen LogP contribution in [-0.4, -0.2) is 52.8 Å². The Labute approximate surface area is 196 Å². The SMILES string of the molecule is O=C(Cc1ccncc1)N1CCN(C(=O)C2Nc3cc(Cl)ccc3Oc3ccccc32)CC1. The van der Waals surface area contributed by atoms with E-state index in [4.69, 9.17) is 16.3 Å². The predicted octanol–water partition coefficient (Wildman–Crippen LogP) is 3.91. The number of ether oxygens (including phenoxy) is 1. The summed E-state index contributed by atoms with van der Waals surface area (Å²) in [7, 11) is 0. The highest BCUT2D eigenvalue weighted by atomic mass is 35.5. The van der Waals surface area contributed by atoms with Gasteiger partial charge in [-0.2, -0.15) is 0 Å². The summed E-state index contributed by atoms with van der Waals surface area (Å²) in [5.74, 6) is 1.26. The van der Waals surface area contributed by atoms with Crippen LogP contribution in [0, 0.1) is 0 Å². The van der Waals surface area contributed by atoms with Gasteiger partial charge in [-0.1, -0.05) is 29.8 Å². The average molecular weight is 463 g/mol. The van der Waals surface area contributed by atoms with Gasteiger partial charge >= 0.3 is 0 Å². The Morgan fingerprint density at radius 1 is 0.970 bits per heavy atom. The smallest absolute Gasteiger partial charge is 0.249 e. The molecular weight excluding hydrogens is 440 g/mol. The first kappa shape index (κ1) is 21.3. The van der Waals surface area contributed by atoms with Crippen LogP contribution in [0.1, 0.15) is 17.2 Å². The number of amides is 2. The zero-order valence-electron chi connectivity index (χ0n) is 17.9. The summed E-state index contributed by atoms with van der Waals surface area (Å²) in [4.78, 5) is 33.9. The number of carbonyl (C=O) groups excluding carboxylic acids is 2. The molecule has 1 N–H and O–H groups in total. The second kappa shape index (κ2) is 9.11. The number of anilines is 1. The van der Waals surface area contributed by atoms with Crippen LogP contribution in [0.5, 0.6) is 11.5 Å². The largest absolute Gasteiger partial charge is 0.455 e. The van der Waals surface area contributed by atoms with Crippen molar-refractivity contribution in [1.82, 2.24) is 14.8 Å². The van der Waals surface area contributed by atoms with Crippen LogP contribution in [0.3, 0.4) is 0 Å². The molecule has 3 heterocycles. The van der Waals surface area contributed by atoms with E-state index in [2.05, 4.69) is 10.3 Å². The second-order valence-corrected chi connectivity index (χ2v) is 8.53. The minimum absolute atomic E-state index is 0.0555. The molecule has 1 fully saturated rings. The van der Waals surface area contributed by atoms with E-state index < -0.39 is 6.04 Å². The van der Waals surface area contributed by atoms with Gasteiger partial charge in [-0.05, 0) is 42.0 Å². The molecule has 1 saturated heterocycles. The van der Waals surface area contributed by atoms with Gasteiger partial charge in [0, 0.05) is 49.2 Å². The molecule has 2 aliphatic heterocycles. The number of fused-ring (bicyclic) bond motifs is 2. The van der Waals surface area contributed by atoms with Crippen LogP contribution < -0.4 is 10.1 Å². The number of halogens is 1. The van der Waals surface area contributed by atoms with E-state index >= 15 is 0 Å². The van der Waals surface area contributed by atoms with Gasteiger partial charge in [-0.25, -0.2) is 0 Å². The predicted molar refractivity (Wildman–Crippen MR) is 125 cm³/mol. The molecule has 1 atom stereocenters. The van der Waals surface area contributed by atoms with Crippen LogP contribution in [0.2, 0.25) is 5.02 Å². The highest BCUT2D eigenvalue weighted by Gasteiger charge is 2.33. The van der Waals surface area contributed by atoms with Crippen LogP contribution >= 0.6 is 11.6 Å². The van der Waals surface area contributed by atoms with Crippen molar-refractivity contribution < 1.29 is 14.3 Å². The van der Waals surface area contributed by atoms with Gasteiger partial charge in [0.1, 0.15) is 11.8 Å². The Balaban J connectivity index is 1.30. The maximum Gasteiger partial charge on any atom is 0.249 e. The number of nitrogens with one attached hydrogen (secondary N) is 1. The first-order chi connectivity index (χ1) is 16.1. The highest BCUT2D eigenvalue weighted by Crippen LogP contribution is 2.41. The Morgan fingerprint density at radius 2 is 1.70 bits per heavy atom. The summed E-state index contributed by atoms with van der Waals surface area (Å²) in [6, 6.07) is 15.9. The van der Waals surface area contributed by atoms with Gasteiger partial charge in [0.2, 0.25) is 11.8 Å². The van der Waals surface area contributed by atoms with Gasteiger partial charge in [-0.3, -0.25) is 14.6 Å². The Kier molecular flexibility index (Phi) is 5.88. The Morgan fingerprint density at radius 3 is 2.48 bits per heavy atom. The molecule has 5 rings (SSSR count). The minimum Gasteiger partial charge on any atom is -0.455 e. The van der Waals surface area contributed by atoms with E-state index in [1.165, 1.54) is 0 Å². The summed E-state index contributed by atoms with van der Waals surface area (Å²) in [5, 5.41) is 3.89. The first-order valence-electron chi connectivity index (χ1n) is 10.9. The fourth-order valence-corrected chi connectivity index (χ4v) is 4.38. The van der Waals surface area contributed by atoms with Crippen molar-refractivity contribution in [3.05, 3.63) is 83.1 Å². The van der Waals surface area contributed by atoms with Gasteiger partial charge < -0.3 is 19.9 Å². The number of rotatable bonds is 3. The Bertz CT molecular complexity index is 1180. The maximum atomic E-state index is 13.6. The van der Waals surface area contributed by atoms with Crippen molar-refractivity contribution in [3.8, 4) is 11.5 Å². The molecule has 0 aliphatic carbocycles. The van der Waals surface area contributed by atoms with E-state index in [1.807, 2.05) is 41.3 Å². The topological polar surface area (TPSA) is 74.8 Å². The molecule has 2 aromatic carbocycles. The lowest BCUT2D eigenvalue weighted by molar-refractivity contribution is -0.139. The lowest BCUT2D eigenvalue weighted by Crippen LogP contribution is -2.52. The van der Waals surface area contributed by atoms with Crippen LogP contribution in [0.15, 0.2) is 67.0 Å². The third-order valence-electron chi connectivity index (χ3n) is 5.99. The molecule has 1 aromatic heterocycles. The molecule has 33 heavy (non-hydrogen) atoms. The zero-order valence-corrected chi connectivity index (χ0v) is 18.7. The number of pyridine rings is 1. The number of hydrogen-bond acceptors (Lipinski definition) is 5. The average Bonchev–Trinajstić information content (AvgIpc) is 3.01. The normalized spacial score (nSPS) is 17.2. The number of piperazine rings is 1. The van der Waals surface area contributed by atoms with Crippen LogP contribution in [0.25, 0.3) is 0 Å². The summed E-state index contributed by atoms with van der Waals surface area (Å²) < 4.78 is 6.08. The van der Waals surface area contributed by atoms with Crippen molar-refractivity contribution in [2.45, 2.75) is 12.5 Å². The van der Waals surface area contributed by atoms with Gasteiger partial charge in [-0.15, -0.1) is 0 Å². The van der Waals surface area contributed by atoms with E-state index in [0.717, 1.165) is 11.1 Å². The first-order valence-corrected chi connectivity index (χ1v) is 11.2. The molecular formula is C25H23ClN4O3. The van der Waals surface area contributed by atoms with Crippen molar-refractivity contribution in [2.24, 2.45) is 0 Å². The summed E-state index contributed by atoms with van der Waals surface area (Å²) in [6.45, 7) is 1.96. The molecule has 2 amide bonds. The number of hydrogen-bond donors (Lipinski definition) is 1. The molecule has 0 radical (unpaired) electrons. The van der Waals surface area contributed by atoms with Crippen molar-refractivity contribution >= 4 is 29.1 Å². The second-order valence-electron chi connectivity index (χ2n) is 8.10. The molecule has 168 valence electrons. The number of nitrogens with zero attached hydrogens (tertiary/aromatic N) is 3. The van der Waals surface area contributed by atoms with Gasteiger partial charge in [0.05, 0.1) is 12.1 Å². The van der Waals surface area contributed by atoms with Gasteiger partial charge in [0.15, 0.2) is 5.75 Å². The number of benzene rings is 2. The number of aromatic nitrogens is 1. The van der Waals surface area contributed by atoms with Gasteiger partial charge in [0.25, 0.3) is 0 Å². The standard InChI is InChI=1S/C25H23ClN4O3/c26-18-5-6-22-20(16-18)28-24(19-3-1-2-4-21(19)33-22)25(32)30-13-11-29(12-14-30)23(31)15-17-7-9-27-10-8-17/h1-10,16,24,28H,11-15H2. The highest BCUT2D eigenvalue weighted by molar-refractivity contribution is 6.31. The molecule has 0 spiro atoms. The van der Waals surface area contributed by atoms with Crippen molar-refractivity contribution in [1.29, 1.82) is 0 Å². The summed E-state index contributed by atoms with van der Waals surface area (Å²) in [6.07, 6.45) is 3.71. The van der Waals surface area contributed by atoms with E-state index in [0.29, 0.717) is 54.8 Å². The van der Waals surface area contributed by atoms with Crippen LogP contribution in [0.4, 0.5) is 5.69 Å². The lowest BCUT2D eigenvalue weighted by Gasteiger charge is -2.36. The van der Waals surface area contributed by atoms with E-state index in [-0.39, 0.29) is 11.8 Å². The van der Waals surface area contributed by atoms with E-state index in [9.17, 15) is 9.59 Å². The van der Waals surface area contributed by atoms with E-state index in [1.54, 1.807) is 35.5 Å². The molecule has 2 aliphatic rings. The lowest BCUT2D eigenvalue weighted by atomic mass is 10.0. The molecule has 8 heteroatoms. The third-order valence-corrected chi connectivity index (χ3v) is 6.22. The minimum atomic E-state index is -0.611. The number of carbonyl (C=O) groups is 2. The molecule has 0 saturated carbocycles. The zero-order chi connectivity index (χ0) is 22.8. The van der Waals surface area contributed by atoms with Crippen molar-refractivity contribution in [2.75, 3.05) is 31.5 Å². The monoisotopic (exact) mass is 462 g/mol. The number of para-hydroxylation sites is 1. The molecule has 0 bridgehead atoms. The summed E-state index contributed by atoms with van der Waals surface area (Å²) in [5.41, 5.74) is 2.37. The maximum absolute atomic E-state index is 13.6. The fraction of sp³-hybridized carbons (Fsp3) is 0.240.